The largest absolute Gasteiger partial charge is 0.364 e. The number of hydrogen-bond acceptors (Lipinski definition) is 4. The Kier molecular flexibility index (Phi) is 3.66. The maximum atomic E-state index is 4.95. The first-order valence-electron chi connectivity index (χ1n) is 7.23. The summed E-state index contributed by atoms with van der Waals surface area (Å²) in [7, 11) is 0. The molecule has 4 heteroatoms. The van der Waals surface area contributed by atoms with E-state index in [1.165, 1.54) is 44.2 Å². The highest BCUT2D eigenvalue weighted by Gasteiger charge is 2.35. The van der Waals surface area contributed by atoms with Crippen LogP contribution in [0.1, 0.15) is 44.6 Å². The van der Waals surface area contributed by atoms with Gasteiger partial charge in [-0.2, -0.15) is 0 Å². The Morgan fingerprint density at radius 2 is 2.17 bits per heavy atom. The highest BCUT2D eigenvalue weighted by Crippen LogP contribution is 2.30. The molecule has 2 saturated heterocycles. The van der Waals surface area contributed by atoms with Gasteiger partial charge in [-0.3, -0.25) is 4.90 Å². The predicted octanol–water partition coefficient (Wildman–Crippen LogP) is 2.17. The third kappa shape index (κ3) is 2.59. The van der Waals surface area contributed by atoms with Crippen molar-refractivity contribution in [2.45, 2.75) is 63.7 Å². The Morgan fingerprint density at radius 1 is 1.39 bits per heavy atom. The molecule has 18 heavy (non-hydrogen) atoms. The summed E-state index contributed by atoms with van der Waals surface area (Å²) < 4.78 is 4.95. The smallest absolute Gasteiger partial charge is 0.128 e. The van der Waals surface area contributed by atoms with Crippen molar-refractivity contribution < 1.29 is 4.52 Å². The van der Waals surface area contributed by atoms with Gasteiger partial charge >= 0.3 is 0 Å². The molecule has 0 aromatic carbocycles. The van der Waals surface area contributed by atoms with Crippen LogP contribution in [0.5, 0.6) is 0 Å². The van der Waals surface area contributed by atoms with E-state index in [0.29, 0.717) is 0 Å². The highest BCUT2D eigenvalue weighted by molar-refractivity contribution is 5.02. The van der Waals surface area contributed by atoms with Gasteiger partial charge in [-0.05, 0) is 38.6 Å². The number of nitrogens with zero attached hydrogens (tertiary/aromatic N) is 2. The maximum absolute atomic E-state index is 4.95. The molecule has 0 amide bonds. The van der Waals surface area contributed by atoms with Crippen LogP contribution in [0, 0.1) is 0 Å². The molecule has 0 spiro atoms. The second-order valence-corrected chi connectivity index (χ2v) is 5.77. The number of aromatic nitrogens is 1. The van der Waals surface area contributed by atoms with E-state index >= 15 is 0 Å². The van der Waals surface area contributed by atoms with Gasteiger partial charge < -0.3 is 9.84 Å². The third-order valence-electron chi connectivity index (χ3n) is 4.34. The van der Waals surface area contributed by atoms with Gasteiger partial charge in [-0.25, -0.2) is 0 Å². The van der Waals surface area contributed by atoms with Gasteiger partial charge in [0.1, 0.15) is 6.26 Å². The fraction of sp³-hybridized carbons (Fsp3) is 0.786. The quantitative estimate of drug-likeness (QED) is 0.868. The lowest BCUT2D eigenvalue weighted by Gasteiger charge is -2.37. The normalized spacial score (nSPS) is 31.1. The van der Waals surface area contributed by atoms with E-state index < -0.39 is 0 Å². The molecular formula is C14H23N3O. The van der Waals surface area contributed by atoms with Crippen LogP contribution in [0.3, 0.4) is 0 Å². The van der Waals surface area contributed by atoms with Crippen molar-refractivity contribution in [3.05, 3.63) is 18.0 Å². The van der Waals surface area contributed by atoms with E-state index in [1.54, 1.807) is 6.26 Å². The molecule has 2 aliphatic heterocycles. The van der Waals surface area contributed by atoms with E-state index in [9.17, 15) is 0 Å². The van der Waals surface area contributed by atoms with Gasteiger partial charge in [0.25, 0.3) is 0 Å². The van der Waals surface area contributed by atoms with Crippen LogP contribution in [-0.4, -0.2) is 34.7 Å². The molecule has 0 aliphatic carbocycles. The van der Waals surface area contributed by atoms with Crippen molar-refractivity contribution in [1.82, 2.24) is 15.4 Å². The summed E-state index contributed by atoms with van der Waals surface area (Å²) in [5, 5.41) is 7.53. The average Bonchev–Trinajstić information content (AvgIpc) is 2.99. The van der Waals surface area contributed by atoms with Gasteiger partial charge in [-0.15, -0.1) is 0 Å². The van der Waals surface area contributed by atoms with Crippen LogP contribution in [0.2, 0.25) is 0 Å². The zero-order chi connectivity index (χ0) is 12.4. The molecule has 0 radical (unpaired) electrons. The van der Waals surface area contributed by atoms with Crippen LogP contribution >= 0.6 is 0 Å². The number of piperidine rings is 1. The Morgan fingerprint density at radius 3 is 2.78 bits per heavy atom. The van der Waals surface area contributed by atoms with Gasteiger partial charge in [0.2, 0.25) is 0 Å². The molecule has 1 N–H and O–H groups in total. The van der Waals surface area contributed by atoms with Crippen molar-refractivity contribution in [2.75, 3.05) is 6.54 Å². The van der Waals surface area contributed by atoms with Crippen LogP contribution in [0.25, 0.3) is 0 Å². The molecule has 3 rings (SSSR count). The van der Waals surface area contributed by atoms with E-state index in [2.05, 4.69) is 22.3 Å². The molecule has 1 aromatic rings. The SMILES string of the molecule is CCCN(Cc1cnoc1)C1CC2CCC(C1)N2. The molecule has 2 bridgehead atoms. The molecule has 3 heterocycles. The van der Waals surface area contributed by atoms with Crippen LogP contribution in [-0.2, 0) is 6.54 Å². The van der Waals surface area contributed by atoms with Gasteiger partial charge in [0, 0.05) is 30.2 Å². The van der Waals surface area contributed by atoms with Gasteiger partial charge in [-0.1, -0.05) is 12.1 Å². The van der Waals surface area contributed by atoms with E-state index in [-0.39, 0.29) is 0 Å². The number of rotatable bonds is 5. The third-order valence-corrected chi connectivity index (χ3v) is 4.34. The lowest BCUT2D eigenvalue weighted by molar-refractivity contribution is 0.133. The minimum atomic E-state index is 0.735. The van der Waals surface area contributed by atoms with E-state index in [4.69, 9.17) is 4.52 Å². The minimum Gasteiger partial charge on any atom is -0.364 e. The zero-order valence-electron chi connectivity index (χ0n) is 11.1. The maximum Gasteiger partial charge on any atom is 0.128 e. The summed E-state index contributed by atoms with van der Waals surface area (Å²) >= 11 is 0. The first-order valence-corrected chi connectivity index (χ1v) is 7.23. The van der Waals surface area contributed by atoms with E-state index in [1.807, 2.05) is 6.20 Å². The molecule has 4 nitrogen and oxygen atoms in total. The molecule has 2 atom stereocenters. The fourth-order valence-electron chi connectivity index (χ4n) is 3.54. The second-order valence-electron chi connectivity index (χ2n) is 5.77. The Bertz CT molecular complexity index is 353. The number of nitrogens with one attached hydrogen (secondary N) is 1. The Labute approximate surface area is 109 Å². The van der Waals surface area contributed by atoms with Crippen LogP contribution in [0.15, 0.2) is 17.0 Å². The second kappa shape index (κ2) is 5.41. The van der Waals surface area contributed by atoms with Crippen LogP contribution < -0.4 is 5.32 Å². The topological polar surface area (TPSA) is 41.3 Å². The number of fused-ring (bicyclic) bond motifs is 2. The molecule has 2 aliphatic rings. The van der Waals surface area contributed by atoms with Crippen molar-refractivity contribution in [3.63, 3.8) is 0 Å². The lowest BCUT2D eigenvalue weighted by atomic mass is 9.97. The monoisotopic (exact) mass is 249 g/mol. The summed E-state index contributed by atoms with van der Waals surface area (Å²) in [5.41, 5.74) is 1.20. The molecule has 2 fully saturated rings. The minimum absolute atomic E-state index is 0.735. The molecular weight excluding hydrogens is 226 g/mol. The predicted molar refractivity (Wildman–Crippen MR) is 70.2 cm³/mol. The van der Waals surface area contributed by atoms with Crippen molar-refractivity contribution in [1.29, 1.82) is 0 Å². The standard InChI is InChI=1S/C14H23N3O/c1-2-5-17(9-11-8-15-18-10-11)14-6-12-3-4-13(7-14)16-12/h8,10,12-14,16H,2-7,9H2,1H3. The molecule has 1 aromatic heterocycles. The van der Waals surface area contributed by atoms with E-state index in [0.717, 1.165) is 24.7 Å². The first kappa shape index (κ1) is 12.2. The van der Waals surface area contributed by atoms with Crippen LogP contribution in [0.4, 0.5) is 0 Å². The van der Waals surface area contributed by atoms with Crippen molar-refractivity contribution >= 4 is 0 Å². The summed E-state index contributed by atoms with van der Waals surface area (Å²) in [6.07, 6.45) is 10.2. The lowest BCUT2D eigenvalue weighted by Crippen LogP contribution is -2.48. The summed E-state index contributed by atoms with van der Waals surface area (Å²) in [6.45, 7) is 4.42. The molecule has 0 saturated carbocycles. The summed E-state index contributed by atoms with van der Waals surface area (Å²) in [4.78, 5) is 2.62. The summed E-state index contributed by atoms with van der Waals surface area (Å²) in [6, 6.07) is 2.25. The fourth-order valence-corrected chi connectivity index (χ4v) is 3.54. The first-order chi connectivity index (χ1) is 8.85. The van der Waals surface area contributed by atoms with Crippen molar-refractivity contribution in [3.8, 4) is 0 Å². The molecule has 2 unspecified atom stereocenters. The average molecular weight is 249 g/mol. The van der Waals surface area contributed by atoms with Gasteiger partial charge in [0.05, 0.1) is 6.20 Å². The molecule has 100 valence electrons. The van der Waals surface area contributed by atoms with Gasteiger partial charge in [0.15, 0.2) is 0 Å². The Balaban J connectivity index is 1.65. The Hall–Kier alpha value is -0.870. The van der Waals surface area contributed by atoms with Crippen molar-refractivity contribution in [2.24, 2.45) is 0 Å². The highest BCUT2D eigenvalue weighted by atomic mass is 16.5. The summed E-state index contributed by atoms with van der Waals surface area (Å²) in [5.74, 6) is 0. The number of hydrogen-bond donors (Lipinski definition) is 1. The zero-order valence-corrected chi connectivity index (χ0v) is 11.1.